The maximum Gasteiger partial charge on any atom is 0.116 e. The minimum atomic E-state index is 0.260. The van der Waals surface area contributed by atoms with Crippen LogP contribution in [-0.2, 0) is 0 Å². The molecule has 2 heteroatoms. The van der Waals surface area contributed by atoms with Gasteiger partial charge in [-0.3, -0.25) is 0 Å². The van der Waals surface area contributed by atoms with Gasteiger partial charge in [-0.05, 0) is 46.2 Å². The molecule has 3 aromatic rings. The number of nitrogens with zero attached hydrogens (tertiary/aromatic N) is 1. The molecule has 3 aromatic carbocycles. The van der Waals surface area contributed by atoms with Crippen molar-refractivity contribution in [3.8, 4) is 22.9 Å². The summed E-state index contributed by atoms with van der Waals surface area (Å²) < 4.78 is 0. The van der Waals surface area contributed by atoms with Crippen molar-refractivity contribution >= 4 is 10.8 Å². The van der Waals surface area contributed by atoms with E-state index in [-0.39, 0.29) is 5.75 Å². The third-order valence-corrected chi connectivity index (χ3v) is 3.17. The van der Waals surface area contributed by atoms with Crippen molar-refractivity contribution in [3.63, 3.8) is 0 Å². The van der Waals surface area contributed by atoms with Gasteiger partial charge in [-0.25, -0.2) is 0 Å². The van der Waals surface area contributed by atoms with Gasteiger partial charge in [-0.15, -0.1) is 0 Å². The number of phenols is 1. The first-order chi connectivity index (χ1) is 9.28. The van der Waals surface area contributed by atoms with Crippen LogP contribution >= 0.6 is 0 Å². The number of hydrogen-bond donors (Lipinski definition) is 1. The van der Waals surface area contributed by atoms with Gasteiger partial charge in [-0.2, -0.15) is 5.26 Å². The summed E-state index contributed by atoms with van der Waals surface area (Å²) in [4.78, 5) is 0. The Morgan fingerprint density at radius 2 is 1.74 bits per heavy atom. The number of nitriles is 1. The molecule has 0 amide bonds. The van der Waals surface area contributed by atoms with E-state index in [9.17, 15) is 5.11 Å². The summed E-state index contributed by atoms with van der Waals surface area (Å²) in [6, 6.07) is 21.0. The third kappa shape index (κ3) is 2.02. The van der Waals surface area contributed by atoms with E-state index in [1.165, 1.54) is 0 Å². The van der Waals surface area contributed by atoms with E-state index in [2.05, 4.69) is 6.07 Å². The molecule has 2 nitrogen and oxygen atoms in total. The maximum absolute atomic E-state index is 9.53. The van der Waals surface area contributed by atoms with Crippen molar-refractivity contribution in [1.29, 1.82) is 5.26 Å². The predicted molar refractivity (Wildman–Crippen MR) is 75.8 cm³/mol. The van der Waals surface area contributed by atoms with Crippen LogP contribution in [0, 0.1) is 11.3 Å². The van der Waals surface area contributed by atoms with Crippen molar-refractivity contribution in [3.05, 3.63) is 66.2 Å². The third-order valence-electron chi connectivity index (χ3n) is 3.17. The van der Waals surface area contributed by atoms with Crippen LogP contribution in [0.4, 0.5) is 0 Å². The van der Waals surface area contributed by atoms with Gasteiger partial charge < -0.3 is 5.11 Å². The fourth-order valence-electron chi connectivity index (χ4n) is 2.28. The smallest absolute Gasteiger partial charge is 0.116 e. The lowest BCUT2D eigenvalue weighted by atomic mass is 9.97. The highest BCUT2D eigenvalue weighted by atomic mass is 16.3. The second-order valence-corrected chi connectivity index (χ2v) is 4.40. The summed E-state index contributed by atoms with van der Waals surface area (Å²) in [6.45, 7) is 0. The molecule has 0 saturated heterocycles. The molecule has 0 bridgehead atoms. The van der Waals surface area contributed by atoms with Gasteiger partial charge in [0.15, 0.2) is 0 Å². The second-order valence-electron chi connectivity index (χ2n) is 4.40. The zero-order chi connectivity index (χ0) is 13.2. The number of benzene rings is 3. The zero-order valence-electron chi connectivity index (χ0n) is 10.2. The summed E-state index contributed by atoms with van der Waals surface area (Å²) in [5, 5.41) is 20.6. The lowest BCUT2D eigenvalue weighted by molar-refractivity contribution is 0.476. The normalized spacial score (nSPS) is 10.3. The number of aromatic hydroxyl groups is 1. The van der Waals surface area contributed by atoms with Crippen LogP contribution in [0.3, 0.4) is 0 Å². The summed E-state index contributed by atoms with van der Waals surface area (Å²) >= 11 is 0. The predicted octanol–water partition coefficient (Wildman–Crippen LogP) is 4.08. The fourth-order valence-corrected chi connectivity index (χ4v) is 2.28. The zero-order valence-corrected chi connectivity index (χ0v) is 10.2. The largest absolute Gasteiger partial charge is 0.508 e. The van der Waals surface area contributed by atoms with E-state index in [1.807, 2.05) is 42.5 Å². The summed E-state index contributed by atoms with van der Waals surface area (Å²) in [7, 11) is 0. The maximum atomic E-state index is 9.53. The van der Waals surface area contributed by atoms with Gasteiger partial charge in [0, 0.05) is 0 Å². The highest BCUT2D eigenvalue weighted by Gasteiger charge is 2.05. The molecule has 0 spiro atoms. The van der Waals surface area contributed by atoms with Crippen molar-refractivity contribution in [2.75, 3.05) is 0 Å². The molecule has 0 aliphatic carbocycles. The van der Waals surface area contributed by atoms with Gasteiger partial charge in [0.25, 0.3) is 0 Å². The molecule has 0 unspecified atom stereocenters. The summed E-state index contributed by atoms with van der Waals surface area (Å²) in [6.07, 6.45) is 0. The summed E-state index contributed by atoms with van der Waals surface area (Å²) in [5.74, 6) is 0.260. The van der Waals surface area contributed by atoms with E-state index in [4.69, 9.17) is 5.26 Å². The molecule has 0 aliphatic heterocycles. The molecule has 19 heavy (non-hydrogen) atoms. The first kappa shape index (κ1) is 11.3. The Kier molecular flexibility index (Phi) is 2.66. The first-order valence-electron chi connectivity index (χ1n) is 6.00. The van der Waals surface area contributed by atoms with Crippen molar-refractivity contribution < 1.29 is 5.11 Å². The molecule has 0 radical (unpaired) electrons. The van der Waals surface area contributed by atoms with E-state index in [0.29, 0.717) is 5.56 Å². The molecule has 90 valence electrons. The van der Waals surface area contributed by atoms with Crippen molar-refractivity contribution in [2.45, 2.75) is 0 Å². The summed E-state index contributed by atoms with van der Waals surface area (Å²) in [5.41, 5.74) is 2.72. The van der Waals surface area contributed by atoms with E-state index in [1.54, 1.807) is 18.2 Å². The molecule has 0 saturated carbocycles. The Balaban J connectivity index is 2.28. The van der Waals surface area contributed by atoms with Crippen LogP contribution in [0.2, 0.25) is 0 Å². The molecular formula is C17H11NO. The molecule has 1 N–H and O–H groups in total. The highest BCUT2D eigenvalue weighted by Crippen LogP contribution is 2.30. The number of hydrogen-bond acceptors (Lipinski definition) is 2. The van der Waals surface area contributed by atoms with E-state index >= 15 is 0 Å². The number of fused-ring (bicyclic) bond motifs is 1. The van der Waals surface area contributed by atoms with Crippen LogP contribution in [0.15, 0.2) is 60.7 Å². The highest BCUT2D eigenvalue weighted by molar-refractivity contribution is 5.97. The van der Waals surface area contributed by atoms with Crippen LogP contribution in [0.25, 0.3) is 21.9 Å². The fraction of sp³-hybridized carbons (Fsp3) is 0. The van der Waals surface area contributed by atoms with Gasteiger partial charge >= 0.3 is 0 Å². The second kappa shape index (κ2) is 4.47. The molecule has 0 fully saturated rings. The number of phenolic OH excluding ortho intramolecular Hbond substituents is 1. The molecule has 0 aromatic heterocycles. The van der Waals surface area contributed by atoms with E-state index < -0.39 is 0 Å². The van der Waals surface area contributed by atoms with Gasteiger partial charge in [0.1, 0.15) is 5.75 Å². The quantitative estimate of drug-likeness (QED) is 0.701. The van der Waals surface area contributed by atoms with Gasteiger partial charge in [-0.1, -0.05) is 36.4 Å². The Hall–Kier alpha value is -2.79. The van der Waals surface area contributed by atoms with Crippen LogP contribution in [0.5, 0.6) is 5.75 Å². The lowest BCUT2D eigenvalue weighted by Gasteiger charge is -2.07. The minimum Gasteiger partial charge on any atom is -0.508 e. The Morgan fingerprint density at radius 1 is 0.895 bits per heavy atom. The van der Waals surface area contributed by atoms with Gasteiger partial charge in [0.2, 0.25) is 0 Å². The van der Waals surface area contributed by atoms with Crippen LogP contribution in [0.1, 0.15) is 5.56 Å². The van der Waals surface area contributed by atoms with Crippen LogP contribution < -0.4 is 0 Å². The van der Waals surface area contributed by atoms with Crippen LogP contribution in [-0.4, -0.2) is 5.11 Å². The average Bonchev–Trinajstić information content (AvgIpc) is 2.46. The molecular weight excluding hydrogens is 234 g/mol. The van der Waals surface area contributed by atoms with Crippen molar-refractivity contribution in [1.82, 2.24) is 0 Å². The minimum absolute atomic E-state index is 0.260. The molecule has 0 atom stereocenters. The SMILES string of the molecule is N#Cc1cccc(-c2cccc3cc(O)ccc23)c1. The molecule has 3 rings (SSSR count). The topological polar surface area (TPSA) is 44.0 Å². The van der Waals surface area contributed by atoms with E-state index in [0.717, 1.165) is 21.9 Å². The molecule has 0 heterocycles. The Labute approximate surface area is 111 Å². The Bertz CT molecular complexity index is 800. The van der Waals surface area contributed by atoms with Crippen molar-refractivity contribution in [2.24, 2.45) is 0 Å². The first-order valence-corrected chi connectivity index (χ1v) is 6.00. The van der Waals surface area contributed by atoms with Gasteiger partial charge in [0.05, 0.1) is 11.6 Å². The Morgan fingerprint density at radius 3 is 2.58 bits per heavy atom. The number of rotatable bonds is 1. The monoisotopic (exact) mass is 245 g/mol. The standard InChI is InChI=1S/C17H11NO/c18-11-12-3-1-4-13(9-12)16-6-2-5-14-10-15(19)7-8-17(14)16/h1-10,19H. The molecule has 0 aliphatic rings. The lowest BCUT2D eigenvalue weighted by Crippen LogP contribution is -1.83. The average molecular weight is 245 g/mol.